The number of aromatic nitrogens is 2. The summed E-state index contributed by atoms with van der Waals surface area (Å²) in [5.41, 5.74) is 5.62. The van der Waals surface area contributed by atoms with E-state index in [-0.39, 0.29) is 17.6 Å². The number of hydrogen-bond donors (Lipinski definition) is 1. The van der Waals surface area contributed by atoms with E-state index in [0.717, 1.165) is 25.7 Å². The number of ether oxygens (including phenoxy) is 2. The highest BCUT2D eigenvalue weighted by Crippen LogP contribution is 2.38. The molecule has 2 aliphatic rings. The smallest absolute Gasteiger partial charge is 0.233 e. The first kappa shape index (κ1) is 14.0. The molecular formula is C14H23N3O3. The van der Waals surface area contributed by atoms with E-state index < -0.39 is 0 Å². The summed E-state index contributed by atoms with van der Waals surface area (Å²) >= 11 is 0. The van der Waals surface area contributed by atoms with Crippen molar-refractivity contribution in [2.75, 3.05) is 20.3 Å². The Morgan fingerprint density at radius 3 is 2.55 bits per heavy atom. The predicted octanol–water partition coefficient (Wildman–Crippen LogP) is 1.71. The zero-order valence-corrected chi connectivity index (χ0v) is 12.0. The molecule has 1 saturated carbocycles. The van der Waals surface area contributed by atoms with E-state index in [4.69, 9.17) is 19.7 Å². The van der Waals surface area contributed by atoms with Gasteiger partial charge in [-0.15, -0.1) is 0 Å². The average molecular weight is 281 g/mol. The average Bonchev–Trinajstić information content (AvgIpc) is 3.03. The topological polar surface area (TPSA) is 83.4 Å². The molecule has 6 nitrogen and oxygen atoms in total. The van der Waals surface area contributed by atoms with E-state index in [1.54, 1.807) is 7.11 Å². The lowest BCUT2D eigenvalue weighted by Crippen LogP contribution is -2.30. The third-order valence-corrected chi connectivity index (χ3v) is 4.59. The normalized spacial score (nSPS) is 30.3. The molecule has 2 atom stereocenters. The lowest BCUT2D eigenvalue weighted by molar-refractivity contribution is -0.0365. The fourth-order valence-electron chi connectivity index (χ4n) is 3.21. The van der Waals surface area contributed by atoms with E-state index in [9.17, 15) is 0 Å². The summed E-state index contributed by atoms with van der Waals surface area (Å²) in [6, 6.07) is -0.0593. The second-order valence-electron chi connectivity index (χ2n) is 5.88. The summed E-state index contributed by atoms with van der Waals surface area (Å²) < 4.78 is 16.6. The van der Waals surface area contributed by atoms with Crippen molar-refractivity contribution in [1.82, 2.24) is 10.1 Å². The zero-order chi connectivity index (χ0) is 14.0. The first-order valence-electron chi connectivity index (χ1n) is 7.48. The van der Waals surface area contributed by atoms with Gasteiger partial charge < -0.3 is 19.7 Å². The van der Waals surface area contributed by atoms with Gasteiger partial charge in [-0.05, 0) is 12.8 Å². The van der Waals surface area contributed by atoms with Gasteiger partial charge >= 0.3 is 0 Å². The largest absolute Gasteiger partial charge is 0.379 e. The van der Waals surface area contributed by atoms with Crippen LogP contribution >= 0.6 is 0 Å². The van der Waals surface area contributed by atoms with E-state index in [0.29, 0.717) is 24.9 Å². The van der Waals surface area contributed by atoms with Crippen molar-refractivity contribution in [3.63, 3.8) is 0 Å². The molecule has 1 aliphatic carbocycles. The number of nitrogens with two attached hydrogens (primary N) is 1. The molecule has 3 rings (SSSR count). The maximum atomic E-state index is 6.01. The van der Waals surface area contributed by atoms with Gasteiger partial charge in [0.1, 0.15) is 5.60 Å². The zero-order valence-electron chi connectivity index (χ0n) is 12.0. The van der Waals surface area contributed by atoms with Gasteiger partial charge in [-0.3, -0.25) is 0 Å². The Morgan fingerprint density at radius 2 is 1.95 bits per heavy atom. The van der Waals surface area contributed by atoms with Crippen LogP contribution in [0, 0.1) is 0 Å². The van der Waals surface area contributed by atoms with Crippen LogP contribution in [0.25, 0.3) is 0 Å². The lowest BCUT2D eigenvalue weighted by Gasteiger charge is -2.27. The molecule has 2 unspecified atom stereocenters. The third-order valence-electron chi connectivity index (χ3n) is 4.59. The van der Waals surface area contributed by atoms with Gasteiger partial charge in [0.15, 0.2) is 0 Å². The SMILES string of the molecule is COC1(c2noc(C3COCC3N)n2)CCCCCC1. The molecule has 0 bridgehead atoms. The third kappa shape index (κ3) is 2.47. The molecule has 2 fully saturated rings. The summed E-state index contributed by atoms with van der Waals surface area (Å²) in [6.07, 6.45) is 6.69. The molecular weight excluding hydrogens is 258 g/mol. The van der Waals surface area contributed by atoms with E-state index >= 15 is 0 Å². The molecule has 112 valence electrons. The Morgan fingerprint density at radius 1 is 1.20 bits per heavy atom. The molecule has 1 saturated heterocycles. The maximum Gasteiger partial charge on any atom is 0.233 e. The van der Waals surface area contributed by atoms with E-state index in [1.807, 2.05) is 0 Å². The molecule has 1 aliphatic heterocycles. The Bertz CT molecular complexity index is 441. The van der Waals surface area contributed by atoms with Crippen LogP contribution in [0.3, 0.4) is 0 Å². The van der Waals surface area contributed by atoms with Gasteiger partial charge in [0.25, 0.3) is 0 Å². The number of hydrogen-bond acceptors (Lipinski definition) is 6. The highest BCUT2D eigenvalue weighted by atomic mass is 16.5. The van der Waals surface area contributed by atoms with E-state index in [2.05, 4.69) is 10.1 Å². The van der Waals surface area contributed by atoms with Crippen molar-refractivity contribution in [3.8, 4) is 0 Å². The molecule has 6 heteroatoms. The lowest BCUT2D eigenvalue weighted by atomic mass is 9.93. The highest BCUT2D eigenvalue weighted by molar-refractivity contribution is 5.07. The fourth-order valence-corrected chi connectivity index (χ4v) is 3.21. The number of rotatable bonds is 3. The Balaban J connectivity index is 1.83. The quantitative estimate of drug-likeness (QED) is 0.849. The van der Waals surface area contributed by atoms with Crippen LogP contribution in [0.4, 0.5) is 0 Å². The Hall–Kier alpha value is -0.980. The summed E-state index contributed by atoms with van der Waals surface area (Å²) in [5.74, 6) is 1.28. The van der Waals surface area contributed by atoms with Gasteiger partial charge in [-0.1, -0.05) is 30.8 Å². The summed E-state index contributed by atoms with van der Waals surface area (Å²) in [6.45, 7) is 1.11. The highest BCUT2D eigenvalue weighted by Gasteiger charge is 2.39. The van der Waals surface area contributed by atoms with Crippen LogP contribution in [-0.4, -0.2) is 36.5 Å². The first-order chi connectivity index (χ1) is 9.75. The molecule has 20 heavy (non-hydrogen) atoms. The monoisotopic (exact) mass is 281 g/mol. The minimum absolute atomic E-state index is 0.0101. The predicted molar refractivity (Wildman–Crippen MR) is 72.2 cm³/mol. The van der Waals surface area contributed by atoms with Crippen LogP contribution in [0.2, 0.25) is 0 Å². The fraction of sp³-hybridized carbons (Fsp3) is 0.857. The van der Waals surface area contributed by atoms with Crippen molar-refractivity contribution in [1.29, 1.82) is 0 Å². The van der Waals surface area contributed by atoms with Crippen molar-refractivity contribution in [2.45, 2.75) is 56.1 Å². The van der Waals surface area contributed by atoms with Crippen LogP contribution < -0.4 is 5.73 Å². The maximum absolute atomic E-state index is 6.01. The number of methoxy groups -OCH3 is 1. The van der Waals surface area contributed by atoms with Crippen molar-refractivity contribution in [2.24, 2.45) is 5.73 Å². The first-order valence-corrected chi connectivity index (χ1v) is 7.48. The van der Waals surface area contributed by atoms with Crippen molar-refractivity contribution < 1.29 is 14.0 Å². The molecule has 0 radical (unpaired) electrons. The van der Waals surface area contributed by atoms with Crippen molar-refractivity contribution in [3.05, 3.63) is 11.7 Å². The van der Waals surface area contributed by atoms with Crippen LogP contribution in [0.15, 0.2) is 4.52 Å². The molecule has 2 heterocycles. The molecule has 0 spiro atoms. The second-order valence-corrected chi connectivity index (χ2v) is 5.88. The summed E-state index contributed by atoms with van der Waals surface area (Å²) in [5, 5.41) is 4.18. The minimum Gasteiger partial charge on any atom is -0.379 e. The van der Waals surface area contributed by atoms with Gasteiger partial charge in [0.05, 0.1) is 19.1 Å². The molecule has 0 aromatic carbocycles. The summed E-state index contributed by atoms with van der Waals surface area (Å²) in [7, 11) is 1.74. The number of nitrogens with zero attached hydrogens (tertiary/aromatic N) is 2. The standard InChI is InChI=1S/C14H23N3O3/c1-18-14(6-4-2-3-5-7-14)13-16-12(20-17-13)10-8-19-9-11(10)15/h10-11H,2-9,15H2,1H3. The molecule has 1 aromatic rings. The minimum atomic E-state index is -0.387. The van der Waals surface area contributed by atoms with E-state index in [1.165, 1.54) is 12.8 Å². The van der Waals surface area contributed by atoms with Gasteiger partial charge in [-0.2, -0.15) is 4.98 Å². The molecule has 1 aromatic heterocycles. The molecule has 2 N–H and O–H groups in total. The second kappa shape index (κ2) is 5.79. The molecule has 0 amide bonds. The van der Waals surface area contributed by atoms with Gasteiger partial charge in [0, 0.05) is 13.2 Å². The van der Waals surface area contributed by atoms with Gasteiger partial charge in [0.2, 0.25) is 11.7 Å². The van der Waals surface area contributed by atoms with Crippen molar-refractivity contribution >= 4 is 0 Å². The van der Waals surface area contributed by atoms with Crippen LogP contribution in [-0.2, 0) is 15.1 Å². The Kier molecular flexibility index (Phi) is 4.05. The van der Waals surface area contributed by atoms with Crippen LogP contribution in [0.1, 0.15) is 56.2 Å². The summed E-state index contributed by atoms with van der Waals surface area (Å²) in [4.78, 5) is 4.59. The Labute approximate surface area is 119 Å². The van der Waals surface area contributed by atoms with Crippen LogP contribution in [0.5, 0.6) is 0 Å². The van der Waals surface area contributed by atoms with Gasteiger partial charge in [-0.25, -0.2) is 0 Å².